The van der Waals surface area contributed by atoms with Gasteiger partial charge in [-0.25, -0.2) is 8.78 Å². The van der Waals surface area contributed by atoms with Crippen LogP contribution in [0.5, 0.6) is 0 Å². The topological polar surface area (TPSA) is 64.0 Å². The van der Waals surface area contributed by atoms with E-state index < -0.39 is 22.8 Å². The Morgan fingerprint density at radius 2 is 1.79 bits per heavy atom. The van der Waals surface area contributed by atoms with E-state index in [1.54, 1.807) is 25.1 Å². The number of hydrogen-bond acceptors (Lipinski definition) is 4. The van der Waals surface area contributed by atoms with E-state index in [1.165, 1.54) is 16.8 Å². The van der Waals surface area contributed by atoms with Crippen LogP contribution < -0.4 is 10.9 Å². The summed E-state index contributed by atoms with van der Waals surface area (Å²) < 4.78 is 27.5. The lowest BCUT2D eigenvalue weighted by molar-refractivity contribution is -0.115. The predicted octanol–water partition coefficient (Wildman–Crippen LogP) is 3.94. The van der Waals surface area contributed by atoms with E-state index in [2.05, 4.69) is 10.4 Å². The third-order valence-corrected chi connectivity index (χ3v) is 4.94. The van der Waals surface area contributed by atoms with Crippen LogP contribution in [0.15, 0.2) is 64.4 Å². The standard InChI is InChI=1S/C20H17F2N3O2S/c1-12-3-6-15(7-4-12)25-19(26)10-9-18(24-25)28-13(2)20(27)23-14-5-8-16(21)17(22)11-14/h3-11,13H,1-2H3,(H,23,27). The molecule has 0 fully saturated rings. The molecule has 0 saturated carbocycles. The molecule has 3 rings (SSSR count). The zero-order valence-corrected chi connectivity index (χ0v) is 16.0. The van der Waals surface area contributed by atoms with Crippen LogP contribution in [-0.2, 0) is 4.79 Å². The minimum atomic E-state index is -1.04. The van der Waals surface area contributed by atoms with E-state index >= 15 is 0 Å². The number of nitrogens with zero attached hydrogens (tertiary/aromatic N) is 2. The molecule has 1 unspecified atom stereocenters. The molecule has 1 heterocycles. The molecule has 2 aromatic carbocycles. The SMILES string of the molecule is Cc1ccc(-n2nc(SC(C)C(=O)Nc3ccc(F)c(F)c3)ccc2=O)cc1. The van der Waals surface area contributed by atoms with E-state index in [9.17, 15) is 18.4 Å². The number of anilines is 1. The highest BCUT2D eigenvalue weighted by molar-refractivity contribution is 8.00. The van der Waals surface area contributed by atoms with E-state index in [1.807, 2.05) is 19.1 Å². The Morgan fingerprint density at radius 1 is 1.07 bits per heavy atom. The van der Waals surface area contributed by atoms with Gasteiger partial charge in [0.05, 0.1) is 10.9 Å². The molecule has 0 aliphatic carbocycles. The highest BCUT2D eigenvalue weighted by Gasteiger charge is 2.17. The fraction of sp³-hybridized carbons (Fsp3) is 0.150. The van der Waals surface area contributed by atoms with Crippen molar-refractivity contribution in [2.45, 2.75) is 24.1 Å². The average Bonchev–Trinajstić information content (AvgIpc) is 2.67. The van der Waals surface area contributed by atoms with Crippen LogP contribution in [-0.4, -0.2) is 20.9 Å². The van der Waals surface area contributed by atoms with Crippen molar-refractivity contribution in [3.8, 4) is 5.69 Å². The summed E-state index contributed by atoms with van der Waals surface area (Å²) in [5.74, 6) is -2.42. The van der Waals surface area contributed by atoms with Gasteiger partial charge in [-0.15, -0.1) is 0 Å². The average molecular weight is 401 g/mol. The van der Waals surface area contributed by atoms with Gasteiger partial charge in [-0.3, -0.25) is 9.59 Å². The van der Waals surface area contributed by atoms with Crippen LogP contribution in [0.3, 0.4) is 0 Å². The van der Waals surface area contributed by atoms with Gasteiger partial charge in [0.2, 0.25) is 5.91 Å². The second kappa shape index (κ2) is 8.35. The van der Waals surface area contributed by atoms with Gasteiger partial charge in [-0.05, 0) is 44.2 Å². The van der Waals surface area contributed by atoms with Gasteiger partial charge in [-0.1, -0.05) is 29.5 Å². The fourth-order valence-corrected chi connectivity index (χ4v) is 3.18. The first kappa shape index (κ1) is 19.8. The van der Waals surface area contributed by atoms with Gasteiger partial charge in [0.25, 0.3) is 5.56 Å². The van der Waals surface area contributed by atoms with Crippen molar-refractivity contribution in [1.82, 2.24) is 9.78 Å². The molecular weight excluding hydrogens is 384 g/mol. The molecule has 0 aliphatic heterocycles. The highest BCUT2D eigenvalue weighted by Crippen LogP contribution is 2.22. The molecule has 8 heteroatoms. The van der Waals surface area contributed by atoms with E-state index in [4.69, 9.17) is 0 Å². The Hall–Kier alpha value is -3.00. The molecule has 1 N–H and O–H groups in total. The molecule has 0 bridgehead atoms. The summed E-state index contributed by atoms with van der Waals surface area (Å²) in [5, 5.41) is 6.74. The Bertz CT molecular complexity index is 1070. The molecule has 28 heavy (non-hydrogen) atoms. The zero-order valence-electron chi connectivity index (χ0n) is 15.1. The van der Waals surface area contributed by atoms with Crippen molar-refractivity contribution >= 4 is 23.4 Å². The maximum absolute atomic E-state index is 13.3. The number of hydrogen-bond donors (Lipinski definition) is 1. The number of aryl methyl sites for hydroxylation is 1. The third kappa shape index (κ3) is 4.64. The molecule has 5 nitrogen and oxygen atoms in total. The number of nitrogens with one attached hydrogen (secondary N) is 1. The van der Waals surface area contributed by atoms with Crippen LogP contribution in [0.1, 0.15) is 12.5 Å². The number of carbonyl (C=O) groups excluding carboxylic acids is 1. The van der Waals surface area contributed by atoms with E-state index in [0.717, 1.165) is 29.5 Å². The monoisotopic (exact) mass is 401 g/mol. The van der Waals surface area contributed by atoms with Gasteiger partial charge in [-0.2, -0.15) is 9.78 Å². The minimum absolute atomic E-state index is 0.161. The van der Waals surface area contributed by atoms with Crippen molar-refractivity contribution < 1.29 is 13.6 Å². The molecular formula is C20H17F2N3O2S. The minimum Gasteiger partial charge on any atom is -0.325 e. The maximum Gasteiger partial charge on any atom is 0.271 e. The lowest BCUT2D eigenvalue weighted by Gasteiger charge is -2.13. The van der Waals surface area contributed by atoms with Crippen LogP contribution in [0.25, 0.3) is 5.69 Å². The van der Waals surface area contributed by atoms with Crippen molar-refractivity contribution in [1.29, 1.82) is 0 Å². The predicted molar refractivity (Wildman–Crippen MR) is 105 cm³/mol. The van der Waals surface area contributed by atoms with Gasteiger partial charge in [0.15, 0.2) is 11.6 Å². The first-order valence-corrected chi connectivity index (χ1v) is 9.31. The number of benzene rings is 2. The molecule has 1 aromatic heterocycles. The van der Waals surface area contributed by atoms with Crippen molar-refractivity contribution in [3.63, 3.8) is 0 Å². The molecule has 144 valence electrons. The number of rotatable bonds is 5. The second-order valence-electron chi connectivity index (χ2n) is 6.14. The zero-order chi connectivity index (χ0) is 20.3. The van der Waals surface area contributed by atoms with Crippen LogP contribution in [0.4, 0.5) is 14.5 Å². The largest absolute Gasteiger partial charge is 0.325 e. The summed E-state index contributed by atoms with van der Waals surface area (Å²) >= 11 is 1.15. The smallest absolute Gasteiger partial charge is 0.271 e. The molecule has 1 atom stereocenters. The van der Waals surface area contributed by atoms with Crippen LogP contribution in [0.2, 0.25) is 0 Å². The number of amides is 1. The normalized spacial score (nSPS) is 11.9. The van der Waals surface area contributed by atoms with E-state index in [0.29, 0.717) is 10.7 Å². The first-order chi connectivity index (χ1) is 13.3. The van der Waals surface area contributed by atoms with Crippen LogP contribution in [0, 0.1) is 18.6 Å². The molecule has 0 spiro atoms. The van der Waals surface area contributed by atoms with Gasteiger partial charge >= 0.3 is 0 Å². The molecule has 3 aromatic rings. The number of carbonyl (C=O) groups is 1. The molecule has 0 radical (unpaired) electrons. The summed E-state index contributed by atoms with van der Waals surface area (Å²) in [6.07, 6.45) is 0. The Balaban J connectivity index is 1.74. The highest BCUT2D eigenvalue weighted by atomic mass is 32.2. The number of aromatic nitrogens is 2. The number of halogens is 2. The summed E-state index contributed by atoms with van der Waals surface area (Å²) in [6, 6.07) is 13.4. The number of thioether (sulfide) groups is 1. The van der Waals surface area contributed by atoms with Crippen molar-refractivity contribution in [2.24, 2.45) is 0 Å². The second-order valence-corrected chi connectivity index (χ2v) is 7.50. The van der Waals surface area contributed by atoms with Gasteiger partial charge < -0.3 is 5.32 Å². The lowest BCUT2D eigenvalue weighted by Crippen LogP contribution is -2.24. The Labute approximate surface area is 164 Å². The van der Waals surface area contributed by atoms with Crippen molar-refractivity contribution in [3.05, 3.63) is 82.1 Å². The van der Waals surface area contributed by atoms with E-state index in [-0.39, 0.29) is 11.2 Å². The summed E-state index contributed by atoms with van der Waals surface area (Å²) in [6.45, 7) is 3.60. The molecule has 0 aliphatic rings. The maximum atomic E-state index is 13.3. The summed E-state index contributed by atoms with van der Waals surface area (Å²) in [7, 11) is 0. The Morgan fingerprint density at radius 3 is 2.46 bits per heavy atom. The fourth-order valence-electron chi connectivity index (χ4n) is 2.38. The lowest BCUT2D eigenvalue weighted by atomic mass is 10.2. The Kier molecular flexibility index (Phi) is 5.89. The van der Waals surface area contributed by atoms with Crippen molar-refractivity contribution in [2.75, 3.05) is 5.32 Å². The quantitative estimate of drug-likeness (QED) is 0.658. The third-order valence-electron chi connectivity index (χ3n) is 3.91. The molecule has 1 amide bonds. The summed E-state index contributed by atoms with van der Waals surface area (Å²) in [5.41, 5.74) is 1.56. The van der Waals surface area contributed by atoms with Gasteiger partial charge in [0.1, 0.15) is 5.03 Å². The first-order valence-electron chi connectivity index (χ1n) is 8.43. The summed E-state index contributed by atoms with van der Waals surface area (Å²) in [4.78, 5) is 24.5. The molecule has 0 saturated heterocycles. The van der Waals surface area contributed by atoms with Gasteiger partial charge in [0, 0.05) is 17.8 Å². The van der Waals surface area contributed by atoms with Crippen LogP contribution >= 0.6 is 11.8 Å².